The first kappa shape index (κ1) is 20.4. The predicted octanol–water partition coefficient (Wildman–Crippen LogP) is 3.78. The van der Waals surface area contributed by atoms with Crippen molar-refractivity contribution in [1.82, 2.24) is 14.9 Å². The van der Waals surface area contributed by atoms with Crippen LogP contribution in [-0.2, 0) is 0 Å². The Morgan fingerprint density at radius 3 is 2.85 bits per heavy atom. The van der Waals surface area contributed by atoms with Crippen LogP contribution in [0.1, 0.15) is 18.5 Å². The first-order chi connectivity index (χ1) is 12.1. The van der Waals surface area contributed by atoms with Crippen LogP contribution in [0.4, 0.5) is 10.3 Å². The van der Waals surface area contributed by atoms with Gasteiger partial charge in [-0.1, -0.05) is 0 Å². The topological polar surface area (TPSA) is 50.3 Å². The largest absolute Gasteiger partial charge is 0.497 e. The molecule has 5 nitrogen and oxygen atoms in total. The molecular weight excluding hydrogens is 355 g/mol. The molecule has 1 N–H and O–H groups in total. The van der Waals surface area contributed by atoms with E-state index < -0.39 is 0 Å². The van der Waals surface area contributed by atoms with E-state index in [0.29, 0.717) is 28.7 Å². The molecule has 2 heterocycles. The molecule has 142 valence electrons. The van der Waals surface area contributed by atoms with E-state index in [1.54, 1.807) is 25.4 Å². The summed E-state index contributed by atoms with van der Waals surface area (Å²) >= 11 is 0. The van der Waals surface area contributed by atoms with E-state index in [1.807, 2.05) is 6.92 Å². The summed E-state index contributed by atoms with van der Waals surface area (Å²) in [5, 5.41) is 3.32. The summed E-state index contributed by atoms with van der Waals surface area (Å²) < 4.78 is 19.4. The molecule has 2 aromatic rings. The lowest BCUT2D eigenvalue weighted by molar-refractivity contribution is 0.217. The zero-order valence-electron chi connectivity index (χ0n) is 15.5. The maximum absolute atomic E-state index is 14.2. The van der Waals surface area contributed by atoms with Gasteiger partial charge in [0.1, 0.15) is 11.6 Å². The van der Waals surface area contributed by atoms with Gasteiger partial charge in [-0.05, 0) is 57.5 Å². The zero-order valence-corrected chi connectivity index (χ0v) is 16.3. The van der Waals surface area contributed by atoms with E-state index in [-0.39, 0.29) is 18.2 Å². The molecule has 0 radical (unpaired) electrons. The first-order valence-electron chi connectivity index (χ1n) is 8.67. The number of nitrogens with one attached hydrogen (secondary N) is 1. The monoisotopic (exact) mass is 380 g/mol. The predicted molar refractivity (Wildman–Crippen MR) is 105 cm³/mol. The number of aryl methyl sites for hydroxylation is 1. The van der Waals surface area contributed by atoms with Crippen molar-refractivity contribution in [2.75, 3.05) is 39.1 Å². The minimum Gasteiger partial charge on any atom is -0.497 e. The third-order valence-electron chi connectivity index (χ3n) is 4.71. The molecule has 1 fully saturated rings. The number of likely N-dealkylation sites (tertiary alicyclic amines) is 1. The Morgan fingerprint density at radius 1 is 1.35 bits per heavy atom. The van der Waals surface area contributed by atoms with Crippen LogP contribution in [0.15, 0.2) is 24.4 Å². The fraction of sp³-hybridized carbons (Fsp3) is 0.474. The summed E-state index contributed by atoms with van der Waals surface area (Å²) in [6.07, 6.45) is 4.13. The van der Waals surface area contributed by atoms with Crippen LogP contribution in [0.5, 0.6) is 5.75 Å². The Morgan fingerprint density at radius 2 is 2.15 bits per heavy atom. The van der Waals surface area contributed by atoms with E-state index in [2.05, 4.69) is 27.2 Å². The van der Waals surface area contributed by atoms with Crippen LogP contribution >= 0.6 is 12.4 Å². The van der Waals surface area contributed by atoms with Gasteiger partial charge in [-0.25, -0.2) is 14.4 Å². The van der Waals surface area contributed by atoms with Crippen LogP contribution in [0.25, 0.3) is 11.1 Å². The lowest BCUT2D eigenvalue weighted by Crippen LogP contribution is -2.35. The smallest absolute Gasteiger partial charge is 0.222 e. The Hall–Kier alpha value is -1.92. The van der Waals surface area contributed by atoms with Crippen molar-refractivity contribution in [2.45, 2.75) is 19.8 Å². The highest BCUT2D eigenvalue weighted by atomic mass is 35.5. The summed E-state index contributed by atoms with van der Waals surface area (Å²) in [5.41, 5.74) is 1.88. The minimum atomic E-state index is -0.307. The summed E-state index contributed by atoms with van der Waals surface area (Å²) in [5.74, 6) is 1.51. The minimum absolute atomic E-state index is 0. The normalized spacial score (nSPS) is 17.5. The highest BCUT2D eigenvalue weighted by molar-refractivity contribution is 5.85. The van der Waals surface area contributed by atoms with Crippen molar-refractivity contribution < 1.29 is 9.13 Å². The zero-order chi connectivity index (χ0) is 17.8. The number of ether oxygens (including phenoxy) is 1. The van der Waals surface area contributed by atoms with E-state index in [9.17, 15) is 4.39 Å². The number of hydrogen-bond donors (Lipinski definition) is 1. The third kappa shape index (κ3) is 4.83. The maximum atomic E-state index is 14.2. The number of hydrogen-bond acceptors (Lipinski definition) is 5. The Labute approximate surface area is 160 Å². The van der Waals surface area contributed by atoms with Gasteiger partial charge in [0.2, 0.25) is 5.95 Å². The van der Waals surface area contributed by atoms with Gasteiger partial charge < -0.3 is 15.0 Å². The van der Waals surface area contributed by atoms with Crippen molar-refractivity contribution in [2.24, 2.45) is 5.92 Å². The number of piperidine rings is 1. The van der Waals surface area contributed by atoms with Crippen LogP contribution in [0.3, 0.4) is 0 Å². The molecule has 7 heteroatoms. The first-order valence-corrected chi connectivity index (χ1v) is 8.67. The van der Waals surface area contributed by atoms with Crippen LogP contribution in [0.2, 0.25) is 0 Å². The van der Waals surface area contributed by atoms with E-state index in [0.717, 1.165) is 18.8 Å². The fourth-order valence-corrected chi connectivity index (χ4v) is 3.33. The lowest BCUT2D eigenvalue weighted by atomic mass is 9.99. The molecule has 1 atom stereocenters. The quantitative estimate of drug-likeness (QED) is 0.855. The summed E-state index contributed by atoms with van der Waals surface area (Å²) in [6.45, 7) is 5.00. The van der Waals surface area contributed by atoms with Gasteiger partial charge in [0.05, 0.1) is 12.8 Å². The standard InChI is InChI=1S/C19H25FN4O.ClH/c1-13-17(16-9-15(25-3)6-7-18(16)20)11-22-19(23-13)21-10-14-5-4-8-24(2)12-14;/h6-7,9,11,14H,4-5,8,10,12H2,1-3H3,(H,21,22,23);1H. The average Bonchev–Trinajstić information content (AvgIpc) is 2.61. The highest BCUT2D eigenvalue weighted by Gasteiger charge is 2.17. The second-order valence-corrected chi connectivity index (χ2v) is 6.69. The van der Waals surface area contributed by atoms with Gasteiger partial charge in [0.25, 0.3) is 0 Å². The molecule has 26 heavy (non-hydrogen) atoms. The molecule has 0 bridgehead atoms. The Bertz CT molecular complexity index is 743. The fourth-order valence-electron chi connectivity index (χ4n) is 3.33. The molecule has 1 unspecified atom stereocenters. The molecule has 0 spiro atoms. The molecular formula is C19H26ClFN4O. The van der Waals surface area contributed by atoms with Crippen molar-refractivity contribution in [3.8, 4) is 16.9 Å². The lowest BCUT2D eigenvalue weighted by Gasteiger charge is -2.29. The number of methoxy groups -OCH3 is 1. The van der Waals surface area contributed by atoms with Crippen molar-refractivity contribution in [3.63, 3.8) is 0 Å². The van der Waals surface area contributed by atoms with Crippen LogP contribution in [-0.4, -0.2) is 48.7 Å². The molecule has 1 aromatic carbocycles. The van der Waals surface area contributed by atoms with E-state index >= 15 is 0 Å². The van der Waals surface area contributed by atoms with Crippen molar-refractivity contribution >= 4 is 18.4 Å². The van der Waals surface area contributed by atoms with Gasteiger partial charge in [-0.2, -0.15) is 0 Å². The van der Waals surface area contributed by atoms with Crippen molar-refractivity contribution in [3.05, 3.63) is 35.9 Å². The average molecular weight is 381 g/mol. The summed E-state index contributed by atoms with van der Waals surface area (Å²) in [7, 11) is 3.72. The SMILES string of the molecule is COc1ccc(F)c(-c2cnc(NCC3CCCN(C)C3)nc2C)c1.Cl. The molecule has 3 rings (SSSR count). The molecule has 0 amide bonds. The van der Waals surface area contributed by atoms with Crippen LogP contribution in [0, 0.1) is 18.7 Å². The van der Waals surface area contributed by atoms with Gasteiger partial charge in [-0.15, -0.1) is 12.4 Å². The number of nitrogens with zero attached hydrogens (tertiary/aromatic N) is 3. The number of aromatic nitrogens is 2. The number of halogens is 2. The van der Waals surface area contributed by atoms with Gasteiger partial charge in [0, 0.05) is 30.4 Å². The molecule has 1 aliphatic rings. The second kappa shape index (κ2) is 9.14. The van der Waals surface area contributed by atoms with Gasteiger partial charge in [0.15, 0.2) is 0 Å². The summed E-state index contributed by atoms with van der Waals surface area (Å²) in [6, 6.07) is 4.68. The molecule has 1 saturated heterocycles. The second-order valence-electron chi connectivity index (χ2n) is 6.69. The summed E-state index contributed by atoms with van der Waals surface area (Å²) in [4.78, 5) is 11.2. The van der Waals surface area contributed by atoms with Crippen molar-refractivity contribution in [1.29, 1.82) is 0 Å². The Balaban J connectivity index is 0.00000243. The molecule has 0 saturated carbocycles. The van der Waals surface area contributed by atoms with Gasteiger partial charge in [-0.3, -0.25) is 0 Å². The molecule has 1 aliphatic heterocycles. The van der Waals surface area contributed by atoms with Gasteiger partial charge >= 0.3 is 0 Å². The number of rotatable bonds is 5. The Kier molecular flexibility index (Phi) is 7.17. The number of benzene rings is 1. The van der Waals surface area contributed by atoms with E-state index in [4.69, 9.17) is 4.74 Å². The molecule has 0 aliphatic carbocycles. The highest BCUT2D eigenvalue weighted by Crippen LogP contribution is 2.28. The van der Waals surface area contributed by atoms with Crippen LogP contribution < -0.4 is 10.1 Å². The third-order valence-corrected chi connectivity index (χ3v) is 4.71. The number of anilines is 1. The molecule has 1 aromatic heterocycles. The van der Waals surface area contributed by atoms with E-state index in [1.165, 1.54) is 25.5 Å². The maximum Gasteiger partial charge on any atom is 0.222 e.